The molecule has 0 atom stereocenters. The van der Waals surface area contributed by atoms with E-state index in [2.05, 4.69) is 26.7 Å². The number of para-hydroxylation sites is 1. The molecule has 0 aliphatic carbocycles. The number of furan rings is 1. The summed E-state index contributed by atoms with van der Waals surface area (Å²) in [7, 11) is 0. The second kappa shape index (κ2) is 9.88. The molecule has 0 bridgehead atoms. The summed E-state index contributed by atoms with van der Waals surface area (Å²) in [5.74, 6) is 2.24. The number of aromatic nitrogens is 2. The van der Waals surface area contributed by atoms with Gasteiger partial charge in [0, 0.05) is 18.1 Å². The molecule has 2 aromatic carbocycles. The maximum absolute atomic E-state index is 5.96. The summed E-state index contributed by atoms with van der Waals surface area (Å²) in [6.45, 7) is 8.24. The normalized spacial score (nSPS) is 14.8. The molecule has 0 amide bonds. The zero-order valence-corrected chi connectivity index (χ0v) is 18.7. The largest absolute Gasteiger partial charge is 0.492 e. The van der Waals surface area contributed by atoms with Gasteiger partial charge in [0.05, 0.1) is 11.8 Å². The molecule has 1 aliphatic heterocycles. The van der Waals surface area contributed by atoms with Crippen molar-refractivity contribution in [2.45, 2.75) is 19.3 Å². The molecular weight excluding hydrogens is 412 g/mol. The molecule has 3 heterocycles. The number of likely N-dealkylation sites (tertiary alicyclic amines) is 1. The average molecular weight is 441 g/mol. The third kappa shape index (κ3) is 5.07. The first-order valence-corrected chi connectivity index (χ1v) is 11.5. The van der Waals surface area contributed by atoms with Gasteiger partial charge in [0.2, 0.25) is 0 Å². The van der Waals surface area contributed by atoms with Gasteiger partial charge in [-0.25, -0.2) is 4.99 Å². The summed E-state index contributed by atoms with van der Waals surface area (Å²) in [6.07, 6.45) is 7.43. The highest BCUT2D eigenvalue weighted by molar-refractivity contribution is 6.09. The summed E-state index contributed by atoms with van der Waals surface area (Å²) in [4.78, 5) is 7.05. The number of benzene rings is 2. The first-order chi connectivity index (χ1) is 16.3. The van der Waals surface area contributed by atoms with Gasteiger partial charge in [-0.3, -0.25) is 10.00 Å². The number of allylic oxidation sites excluding steroid dienone is 1. The van der Waals surface area contributed by atoms with Crippen molar-refractivity contribution in [3.63, 3.8) is 0 Å². The number of aromatic amines is 1. The molecule has 2 aromatic heterocycles. The second-order valence-corrected chi connectivity index (χ2v) is 8.34. The summed E-state index contributed by atoms with van der Waals surface area (Å²) < 4.78 is 11.9. The fourth-order valence-electron chi connectivity index (χ4n) is 4.13. The number of nitrogens with one attached hydrogen (secondary N) is 1. The molecule has 1 N–H and O–H groups in total. The SMILES string of the molecule is C=C(/C=N\c1[nH]ncc1-c1cc2ccccc2o1)c1ccc(OCCN2CCCCC2)cc1. The summed E-state index contributed by atoms with van der Waals surface area (Å²) in [6, 6.07) is 17.9. The van der Waals surface area contributed by atoms with Crippen molar-refractivity contribution in [1.29, 1.82) is 0 Å². The van der Waals surface area contributed by atoms with Gasteiger partial charge in [0.15, 0.2) is 5.82 Å². The van der Waals surface area contributed by atoms with Crippen LogP contribution in [0.25, 0.3) is 27.9 Å². The van der Waals surface area contributed by atoms with Gasteiger partial charge in [-0.2, -0.15) is 5.10 Å². The molecule has 0 spiro atoms. The lowest BCUT2D eigenvalue weighted by atomic mass is 10.1. The van der Waals surface area contributed by atoms with Gasteiger partial charge >= 0.3 is 0 Å². The molecule has 4 aromatic rings. The third-order valence-corrected chi connectivity index (χ3v) is 6.01. The lowest BCUT2D eigenvalue weighted by Gasteiger charge is -2.26. The van der Waals surface area contributed by atoms with Crippen LogP contribution in [0.4, 0.5) is 5.82 Å². The van der Waals surface area contributed by atoms with Crippen molar-refractivity contribution >= 4 is 28.6 Å². The molecule has 1 aliphatic rings. The quantitative estimate of drug-likeness (QED) is 0.336. The monoisotopic (exact) mass is 440 g/mol. The highest BCUT2D eigenvalue weighted by Gasteiger charge is 2.12. The maximum atomic E-state index is 5.96. The topological polar surface area (TPSA) is 66.6 Å². The van der Waals surface area contributed by atoms with E-state index >= 15 is 0 Å². The Morgan fingerprint density at radius 3 is 2.76 bits per heavy atom. The second-order valence-electron chi connectivity index (χ2n) is 8.34. The number of ether oxygens (including phenoxy) is 1. The minimum absolute atomic E-state index is 0.632. The van der Waals surface area contributed by atoms with Crippen LogP contribution in [-0.2, 0) is 0 Å². The van der Waals surface area contributed by atoms with Crippen LogP contribution in [0.5, 0.6) is 5.75 Å². The number of fused-ring (bicyclic) bond motifs is 1. The highest BCUT2D eigenvalue weighted by atomic mass is 16.5. The fraction of sp³-hybridized carbons (Fsp3) is 0.259. The van der Waals surface area contributed by atoms with E-state index in [0.29, 0.717) is 12.4 Å². The third-order valence-electron chi connectivity index (χ3n) is 6.01. The smallest absolute Gasteiger partial charge is 0.158 e. The number of piperidine rings is 1. The highest BCUT2D eigenvalue weighted by Crippen LogP contribution is 2.33. The van der Waals surface area contributed by atoms with Crippen LogP contribution in [0.3, 0.4) is 0 Å². The molecular formula is C27H28N4O2. The van der Waals surface area contributed by atoms with Crippen molar-refractivity contribution in [3.05, 3.63) is 72.9 Å². The Kier molecular flexibility index (Phi) is 6.35. The van der Waals surface area contributed by atoms with E-state index in [1.54, 1.807) is 12.4 Å². The summed E-state index contributed by atoms with van der Waals surface area (Å²) in [5, 5.41) is 8.13. The van der Waals surface area contributed by atoms with E-state index < -0.39 is 0 Å². The van der Waals surface area contributed by atoms with E-state index in [0.717, 1.165) is 45.7 Å². The van der Waals surface area contributed by atoms with Crippen LogP contribution in [0.15, 0.2) is 76.8 Å². The molecule has 5 rings (SSSR count). The summed E-state index contributed by atoms with van der Waals surface area (Å²) in [5.41, 5.74) is 3.45. The zero-order valence-electron chi connectivity index (χ0n) is 18.7. The Balaban J connectivity index is 1.20. The van der Waals surface area contributed by atoms with E-state index in [9.17, 15) is 0 Å². The van der Waals surface area contributed by atoms with E-state index in [-0.39, 0.29) is 0 Å². The lowest BCUT2D eigenvalue weighted by molar-refractivity contribution is 0.183. The first kappa shape index (κ1) is 21.2. The van der Waals surface area contributed by atoms with Crippen molar-refractivity contribution in [2.24, 2.45) is 4.99 Å². The van der Waals surface area contributed by atoms with E-state index in [1.807, 2.05) is 54.6 Å². The van der Waals surface area contributed by atoms with E-state index in [1.165, 1.54) is 32.4 Å². The van der Waals surface area contributed by atoms with Gasteiger partial charge in [-0.1, -0.05) is 43.3 Å². The van der Waals surface area contributed by atoms with Crippen LogP contribution in [0.1, 0.15) is 24.8 Å². The lowest BCUT2D eigenvalue weighted by Crippen LogP contribution is -2.33. The zero-order chi connectivity index (χ0) is 22.5. The summed E-state index contributed by atoms with van der Waals surface area (Å²) >= 11 is 0. The fourth-order valence-corrected chi connectivity index (χ4v) is 4.13. The molecule has 0 radical (unpaired) electrons. The van der Waals surface area contributed by atoms with Crippen LogP contribution in [-0.4, -0.2) is 47.6 Å². The maximum Gasteiger partial charge on any atom is 0.158 e. The molecule has 0 saturated carbocycles. The minimum atomic E-state index is 0.632. The number of hydrogen-bond donors (Lipinski definition) is 1. The van der Waals surface area contributed by atoms with Gasteiger partial charge in [0.25, 0.3) is 0 Å². The molecule has 6 nitrogen and oxygen atoms in total. The Labute approximate surface area is 193 Å². The Morgan fingerprint density at radius 2 is 1.94 bits per heavy atom. The minimum Gasteiger partial charge on any atom is -0.492 e. The molecule has 33 heavy (non-hydrogen) atoms. The van der Waals surface area contributed by atoms with Crippen LogP contribution >= 0.6 is 0 Å². The molecule has 0 unspecified atom stereocenters. The van der Waals surface area contributed by atoms with E-state index in [4.69, 9.17) is 9.15 Å². The van der Waals surface area contributed by atoms with Crippen molar-refractivity contribution in [1.82, 2.24) is 15.1 Å². The van der Waals surface area contributed by atoms with Crippen molar-refractivity contribution in [2.75, 3.05) is 26.2 Å². The van der Waals surface area contributed by atoms with Gasteiger partial charge in [-0.15, -0.1) is 0 Å². The van der Waals surface area contributed by atoms with Gasteiger partial charge in [0.1, 0.15) is 23.7 Å². The molecule has 6 heteroatoms. The number of nitrogens with zero attached hydrogens (tertiary/aromatic N) is 3. The Morgan fingerprint density at radius 1 is 1.12 bits per heavy atom. The first-order valence-electron chi connectivity index (χ1n) is 11.5. The predicted molar refractivity (Wildman–Crippen MR) is 133 cm³/mol. The number of hydrogen-bond acceptors (Lipinski definition) is 5. The predicted octanol–water partition coefficient (Wildman–Crippen LogP) is 6.10. The number of aliphatic imine (C=N–C) groups is 1. The Hall–Kier alpha value is -3.64. The van der Waals surface area contributed by atoms with Gasteiger partial charge < -0.3 is 9.15 Å². The van der Waals surface area contributed by atoms with Gasteiger partial charge in [-0.05, 0) is 61.3 Å². The molecule has 168 valence electrons. The van der Waals surface area contributed by atoms with Crippen LogP contribution < -0.4 is 4.74 Å². The standard InChI is InChI=1S/C27H28N4O2/c1-20(21-9-11-23(12-10-21)32-16-15-31-13-5-2-6-14-31)18-28-27-24(19-29-30-27)26-17-22-7-3-4-8-25(22)33-26/h3-4,7-12,17-19H,1-2,5-6,13-16H2,(H,29,30)/b28-18-. The average Bonchev–Trinajstić information content (AvgIpc) is 3.50. The molecule has 1 saturated heterocycles. The number of rotatable bonds is 8. The van der Waals surface area contributed by atoms with Crippen molar-refractivity contribution < 1.29 is 9.15 Å². The number of H-pyrrole nitrogens is 1. The van der Waals surface area contributed by atoms with Crippen molar-refractivity contribution in [3.8, 4) is 17.1 Å². The molecule has 1 fully saturated rings. The van der Waals surface area contributed by atoms with Crippen LogP contribution in [0, 0.1) is 0 Å². The Bertz CT molecular complexity index is 1210. The van der Waals surface area contributed by atoms with Crippen LogP contribution in [0.2, 0.25) is 0 Å².